The zero-order chi connectivity index (χ0) is 18.3. The molecule has 2 aromatic heterocycles. The summed E-state index contributed by atoms with van der Waals surface area (Å²) >= 11 is 0. The van der Waals surface area contributed by atoms with Gasteiger partial charge < -0.3 is 15.2 Å². The van der Waals surface area contributed by atoms with Crippen molar-refractivity contribution >= 4 is 16.9 Å². The van der Waals surface area contributed by atoms with Crippen molar-refractivity contribution in [1.29, 1.82) is 0 Å². The molecular weight excluding hydrogens is 340 g/mol. The lowest BCUT2D eigenvalue weighted by molar-refractivity contribution is -0.118. The van der Waals surface area contributed by atoms with Gasteiger partial charge in [0.2, 0.25) is 12.7 Å². The van der Waals surface area contributed by atoms with Crippen molar-refractivity contribution in [1.82, 2.24) is 14.1 Å². The van der Waals surface area contributed by atoms with Crippen LogP contribution in [0.4, 0.5) is 0 Å². The number of fused-ring (bicyclic) bond motifs is 2. The van der Waals surface area contributed by atoms with Gasteiger partial charge in [0.1, 0.15) is 12.2 Å². The van der Waals surface area contributed by atoms with Crippen LogP contribution in [0.5, 0.6) is 11.5 Å². The van der Waals surface area contributed by atoms with Gasteiger partial charge in [-0.05, 0) is 29.8 Å². The minimum atomic E-state index is -0.702. The Hall–Kier alpha value is -3.62. The second kappa shape index (κ2) is 6.03. The molecule has 2 N–H and O–H groups in total. The monoisotopic (exact) mass is 354 g/mol. The molecule has 9 nitrogen and oxygen atoms in total. The molecule has 3 aromatic rings. The van der Waals surface area contributed by atoms with Crippen LogP contribution in [0.1, 0.15) is 5.56 Å². The first-order valence-corrected chi connectivity index (χ1v) is 7.80. The maximum atomic E-state index is 12.8. The molecule has 1 amide bonds. The summed E-state index contributed by atoms with van der Waals surface area (Å²) in [6.45, 7) is -0.225. The number of aromatic nitrogens is 3. The zero-order valence-electron chi connectivity index (χ0n) is 13.5. The second-order valence-electron chi connectivity index (χ2n) is 5.79. The van der Waals surface area contributed by atoms with Crippen LogP contribution in [0.3, 0.4) is 0 Å². The standard InChI is InChI=1S/C17H14N4O5/c18-14(22)8-20-15-11(2-1-5-19-15)16(23)21(17(20)24)7-10-3-4-12-13(6-10)26-9-25-12/h1-6H,7-9H2,(H2,18,22). The van der Waals surface area contributed by atoms with Crippen molar-refractivity contribution in [2.24, 2.45) is 5.73 Å². The van der Waals surface area contributed by atoms with Crippen LogP contribution in [0.25, 0.3) is 11.0 Å². The summed E-state index contributed by atoms with van der Waals surface area (Å²) < 4.78 is 12.7. The third-order valence-corrected chi connectivity index (χ3v) is 4.07. The lowest BCUT2D eigenvalue weighted by atomic mass is 10.2. The van der Waals surface area contributed by atoms with E-state index in [0.717, 1.165) is 9.13 Å². The topological polar surface area (TPSA) is 118 Å². The molecule has 3 heterocycles. The fourth-order valence-electron chi connectivity index (χ4n) is 2.91. The van der Waals surface area contributed by atoms with Gasteiger partial charge in [-0.15, -0.1) is 0 Å². The number of pyridine rings is 1. The fourth-order valence-corrected chi connectivity index (χ4v) is 2.91. The lowest BCUT2D eigenvalue weighted by Crippen LogP contribution is -2.42. The molecule has 4 rings (SSSR count). The number of nitrogens with zero attached hydrogens (tertiary/aromatic N) is 3. The van der Waals surface area contributed by atoms with Crippen molar-refractivity contribution in [3.05, 3.63) is 62.9 Å². The van der Waals surface area contributed by atoms with Crippen LogP contribution in [0.2, 0.25) is 0 Å². The molecule has 0 radical (unpaired) electrons. The highest BCUT2D eigenvalue weighted by Crippen LogP contribution is 2.32. The molecule has 9 heteroatoms. The summed E-state index contributed by atoms with van der Waals surface area (Å²) in [6.07, 6.45) is 1.45. The van der Waals surface area contributed by atoms with E-state index in [1.807, 2.05) is 0 Å². The number of rotatable bonds is 4. The smallest absolute Gasteiger partial charge is 0.333 e. The van der Waals surface area contributed by atoms with Crippen molar-refractivity contribution < 1.29 is 14.3 Å². The number of primary amides is 1. The Labute approximate surface area is 146 Å². The van der Waals surface area contributed by atoms with E-state index in [0.29, 0.717) is 17.1 Å². The molecule has 0 aliphatic carbocycles. The Balaban J connectivity index is 1.88. The summed E-state index contributed by atoms with van der Waals surface area (Å²) in [6, 6.07) is 8.31. The minimum absolute atomic E-state index is 0.0118. The summed E-state index contributed by atoms with van der Waals surface area (Å²) in [5, 5.41) is 0.231. The molecule has 0 bridgehead atoms. The Kier molecular flexibility index (Phi) is 3.68. The van der Waals surface area contributed by atoms with E-state index in [-0.39, 0.29) is 30.9 Å². The molecule has 0 spiro atoms. The summed E-state index contributed by atoms with van der Waals surface area (Å²) in [7, 11) is 0. The highest BCUT2D eigenvalue weighted by atomic mass is 16.7. The van der Waals surface area contributed by atoms with Crippen LogP contribution in [0, 0.1) is 0 Å². The number of carbonyl (C=O) groups excluding carboxylic acids is 1. The van der Waals surface area contributed by atoms with Gasteiger partial charge in [-0.3, -0.25) is 18.7 Å². The number of carbonyl (C=O) groups is 1. The third-order valence-electron chi connectivity index (χ3n) is 4.07. The van der Waals surface area contributed by atoms with Crippen molar-refractivity contribution in [3.8, 4) is 11.5 Å². The van der Waals surface area contributed by atoms with Gasteiger partial charge in [-0.25, -0.2) is 9.78 Å². The van der Waals surface area contributed by atoms with E-state index < -0.39 is 17.2 Å². The normalized spacial score (nSPS) is 12.5. The number of ether oxygens (including phenoxy) is 2. The maximum absolute atomic E-state index is 12.8. The van der Waals surface area contributed by atoms with Crippen LogP contribution >= 0.6 is 0 Å². The highest BCUT2D eigenvalue weighted by Gasteiger charge is 2.17. The molecule has 0 saturated heterocycles. The summed E-state index contributed by atoms with van der Waals surface area (Å²) in [5.41, 5.74) is 4.91. The fraction of sp³-hybridized carbons (Fsp3) is 0.176. The molecule has 1 aromatic carbocycles. The number of amides is 1. The molecule has 132 valence electrons. The molecule has 0 unspecified atom stereocenters. The quantitative estimate of drug-likeness (QED) is 0.694. The number of hydrogen-bond donors (Lipinski definition) is 1. The molecular formula is C17H14N4O5. The van der Waals surface area contributed by atoms with Crippen LogP contribution < -0.4 is 26.5 Å². The van der Waals surface area contributed by atoms with Gasteiger partial charge in [0, 0.05) is 6.20 Å². The first-order chi connectivity index (χ1) is 12.5. The Morgan fingerprint density at radius 3 is 2.77 bits per heavy atom. The molecule has 26 heavy (non-hydrogen) atoms. The van der Waals surface area contributed by atoms with Gasteiger partial charge >= 0.3 is 5.69 Å². The number of hydrogen-bond acceptors (Lipinski definition) is 6. The largest absolute Gasteiger partial charge is 0.454 e. The SMILES string of the molecule is NC(=O)Cn1c(=O)n(Cc2ccc3c(c2)OCO3)c(=O)c2cccnc21. The van der Waals surface area contributed by atoms with Crippen molar-refractivity contribution in [2.45, 2.75) is 13.1 Å². The summed E-state index contributed by atoms with van der Waals surface area (Å²) in [5.74, 6) is 0.456. The predicted octanol–water partition coefficient (Wildman–Crippen LogP) is -0.179. The van der Waals surface area contributed by atoms with Gasteiger partial charge in [-0.2, -0.15) is 0 Å². The van der Waals surface area contributed by atoms with E-state index in [9.17, 15) is 14.4 Å². The first-order valence-electron chi connectivity index (χ1n) is 7.80. The van der Waals surface area contributed by atoms with Crippen LogP contribution in [-0.2, 0) is 17.9 Å². The van der Waals surface area contributed by atoms with E-state index in [4.69, 9.17) is 15.2 Å². The van der Waals surface area contributed by atoms with Crippen LogP contribution in [-0.4, -0.2) is 26.8 Å². The van der Waals surface area contributed by atoms with Crippen LogP contribution in [0.15, 0.2) is 46.1 Å². The van der Waals surface area contributed by atoms with Gasteiger partial charge in [0.25, 0.3) is 5.56 Å². The average Bonchev–Trinajstić information content (AvgIpc) is 3.10. The van der Waals surface area contributed by atoms with E-state index in [2.05, 4.69) is 4.98 Å². The lowest BCUT2D eigenvalue weighted by Gasteiger charge is -2.12. The summed E-state index contributed by atoms with van der Waals surface area (Å²) in [4.78, 5) is 41.0. The number of benzene rings is 1. The van der Waals surface area contributed by atoms with E-state index in [1.165, 1.54) is 6.20 Å². The van der Waals surface area contributed by atoms with Crippen molar-refractivity contribution in [2.75, 3.05) is 6.79 Å². The second-order valence-corrected chi connectivity index (χ2v) is 5.79. The van der Waals surface area contributed by atoms with Crippen molar-refractivity contribution in [3.63, 3.8) is 0 Å². The minimum Gasteiger partial charge on any atom is -0.454 e. The van der Waals surface area contributed by atoms with Gasteiger partial charge in [-0.1, -0.05) is 6.07 Å². The van der Waals surface area contributed by atoms with Gasteiger partial charge in [0.05, 0.1) is 11.9 Å². The molecule has 0 saturated carbocycles. The third kappa shape index (κ3) is 2.59. The van der Waals surface area contributed by atoms with Gasteiger partial charge in [0.15, 0.2) is 11.5 Å². The first kappa shape index (κ1) is 15.9. The average molecular weight is 354 g/mol. The predicted molar refractivity (Wildman–Crippen MR) is 91.1 cm³/mol. The molecule has 0 atom stereocenters. The number of nitrogens with two attached hydrogens (primary N) is 1. The van der Waals surface area contributed by atoms with E-state index in [1.54, 1.807) is 30.3 Å². The Morgan fingerprint density at radius 1 is 1.15 bits per heavy atom. The Morgan fingerprint density at radius 2 is 1.96 bits per heavy atom. The highest BCUT2D eigenvalue weighted by molar-refractivity contribution is 5.78. The Bertz CT molecular complexity index is 1150. The zero-order valence-corrected chi connectivity index (χ0v) is 13.5. The molecule has 1 aliphatic rings. The van der Waals surface area contributed by atoms with E-state index >= 15 is 0 Å². The maximum Gasteiger partial charge on any atom is 0.333 e. The molecule has 0 fully saturated rings. The molecule has 1 aliphatic heterocycles.